The Bertz CT molecular complexity index is 931. The molecule has 0 amide bonds. The maximum atomic E-state index is 12.9. The van der Waals surface area contributed by atoms with Crippen molar-refractivity contribution in [2.75, 3.05) is 37.3 Å². The van der Waals surface area contributed by atoms with Crippen molar-refractivity contribution in [2.24, 2.45) is 5.92 Å². The predicted molar refractivity (Wildman–Crippen MR) is 108 cm³/mol. The van der Waals surface area contributed by atoms with Gasteiger partial charge in [0.1, 0.15) is 0 Å². The first kappa shape index (κ1) is 21.6. The highest BCUT2D eigenvalue weighted by molar-refractivity contribution is 7.89. The minimum Gasteiger partial charge on any atom is -0.341 e. The topological polar surface area (TPSA) is 61.4 Å². The Labute approximate surface area is 169 Å². The monoisotopic (exact) mass is 427 g/mol. The molecule has 2 aromatic carbocycles. The lowest BCUT2D eigenvalue weighted by atomic mass is 9.92. The molecule has 0 fully saturated rings. The van der Waals surface area contributed by atoms with E-state index in [1.807, 2.05) is 29.2 Å². The molecular formula is C20H24F3N3O2S. The van der Waals surface area contributed by atoms with Gasteiger partial charge in [-0.2, -0.15) is 13.2 Å². The Morgan fingerprint density at radius 2 is 1.79 bits per heavy atom. The van der Waals surface area contributed by atoms with Crippen LogP contribution in [0.4, 0.5) is 24.5 Å². The van der Waals surface area contributed by atoms with E-state index in [9.17, 15) is 21.6 Å². The van der Waals surface area contributed by atoms with Gasteiger partial charge in [-0.1, -0.05) is 18.2 Å². The number of rotatable bonds is 7. The van der Waals surface area contributed by atoms with Crippen LogP contribution in [0.5, 0.6) is 0 Å². The van der Waals surface area contributed by atoms with E-state index in [0.29, 0.717) is 25.3 Å². The molecule has 1 aliphatic heterocycles. The summed E-state index contributed by atoms with van der Waals surface area (Å²) in [4.78, 5) is 2.02. The van der Waals surface area contributed by atoms with E-state index in [0.717, 1.165) is 29.8 Å². The summed E-state index contributed by atoms with van der Waals surface area (Å²) in [6.07, 6.45) is -3.54. The molecule has 158 valence electrons. The molecule has 0 aromatic heterocycles. The summed E-state index contributed by atoms with van der Waals surface area (Å²) in [5, 5.41) is 3.18. The van der Waals surface area contributed by atoms with Gasteiger partial charge in [-0.15, -0.1) is 0 Å². The quantitative estimate of drug-likeness (QED) is 0.667. The summed E-state index contributed by atoms with van der Waals surface area (Å²) >= 11 is 0. The number of hydrogen-bond acceptors (Lipinski definition) is 4. The molecule has 0 spiro atoms. The fourth-order valence-electron chi connectivity index (χ4n) is 3.51. The van der Waals surface area contributed by atoms with Gasteiger partial charge in [0.2, 0.25) is 10.0 Å². The van der Waals surface area contributed by atoms with Crippen molar-refractivity contribution in [1.82, 2.24) is 10.0 Å². The largest absolute Gasteiger partial charge is 0.416 e. The summed E-state index contributed by atoms with van der Waals surface area (Å²) in [6.45, 7) is 1.58. The molecule has 9 heteroatoms. The Balaban J connectivity index is 1.73. The Morgan fingerprint density at radius 3 is 2.45 bits per heavy atom. The fourth-order valence-corrected chi connectivity index (χ4v) is 4.12. The van der Waals surface area contributed by atoms with Crippen LogP contribution in [0, 0.1) is 5.92 Å². The number of nitrogens with one attached hydrogen (secondary N) is 2. The first-order valence-electron chi connectivity index (χ1n) is 9.34. The van der Waals surface area contributed by atoms with E-state index in [2.05, 4.69) is 10.0 Å². The third kappa shape index (κ3) is 5.49. The van der Waals surface area contributed by atoms with Gasteiger partial charge in [0.05, 0.1) is 11.3 Å². The number of halogens is 3. The molecule has 3 rings (SSSR count). The third-order valence-corrected chi connectivity index (χ3v) is 6.39. The first-order valence-corrected chi connectivity index (χ1v) is 11.0. The van der Waals surface area contributed by atoms with Gasteiger partial charge in [0.25, 0.3) is 0 Å². The van der Waals surface area contributed by atoms with Crippen LogP contribution in [0.3, 0.4) is 0 Å². The average molecular weight is 427 g/mol. The summed E-state index contributed by atoms with van der Waals surface area (Å²) in [5.74, 6) is 0.194. The van der Waals surface area contributed by atoms with Crippen molar-refractivity contribution in [2.45, 2.75) is 12.6 Å². The lowest BCUT2D eigenvalue weighted by molar-refractivity contribution is -0.137. The van der Waals surface area contributed by atoms with Crippen LogP contribution in [0.2, 0.25) is 0 Å². The maximum absolute atomic E-state index is 12.9. The molecule has 1 atom stereocenters. The van der Waals surface area contributed by atoms with Crippen molar-refractivity contribution < 1.29 is 21.6 Å². The highest BCUT2D eigenvalue weighted by Crippen LogP contribution is 2.37. The molecule has 1 unspecified atom stereocenters. The number of hydrogen-bond donors (Lipinski definition) is 2. The molecule has 1 aliphatic rings. The Kier molecular flexibility index (Phi) is 6.50. The second-order valence-electron chi connectivity index (χ2n) is 7.08. The van der Waals surface area contributed by atoms with E-state index in [1.165, 1.54) is 19.2 Å². The summed E-state index contributed by atoms with van der Waals surface area (Å²) in [7, 11) is -1.87. The van der Waals surface area contributed by atoms with Crippen LogP contribution >= 0.6 is 0 Å². The lowest BCUT2D eigenvalue weighted by Gasteiger charge is -2.36. The number of para-hydroxylation sites is 1. The van der Waals surface area contributed by atoms with E-state index >= 15 is 0 Å². The number of alkyl halides is 3. The van der Waals surface area contributed by atoms with Crippen molar-refractivity contribution >= 4 is 21.4 Å². The molecule has 1 heterocycles. The first-order chi connectivity index (χ1) is 13.7. The average Bonchev–Trinajstić information content (AvgIpc) is 2.70. The van der Waals surface area contributed by atoms with Crippen molar-refractivity contribution in [3.8, 4) is 0 Å². The van der Waals surface area contributed by atoms with Crippen LogP contribution in [-0.2, 0) is 22.6 Å². The van der Waals surface area contributed by atoms with Crippen LogP contribution < -0.4 is 14.9 Å². The van der Waals surface area contributed by atoms with Gasteiger partial charge >= 0.3 is 6.18 Å². The molecule has 0 saturated heterocycles. The SMILES string of the molecule is CNS(=O)(=O)CCNCC1Cc2ccccc2N(c2ccc(C(F)(F)F)cc2)C1. The van der Waals surface area contributed by atoms with Crippen LogP contribution in [-0.4, -0.2) is 40.9 Å². The zero-order valence-electron chi connectivity index (χ0n) is 16.0. The minimum absolute atomic E-state index is 0.00454. The molecule has 5 nitrogen and oxygen atoms in total. The van der Waals surface area contributed by atoms with E-state index < -0.39 is 21.8 Å². The maximum Gasteiger partial charge on any atom is 0.416 e. The lowest BCUT2D eigenvalue weighted by Crippen LogP contribution is -2.39. The number of sulfonamides is 1. The predicted octanol–water partition coefficient (Wildman–Crippen LogP) is 3.15. The number of anilines is 2. The van der Waals surface area contributed by atoms with Crippen LogP contribution in [0.15, 0.2) is 48.5 Å². The molecular weight excluding hydrogens is 403 g/mol. The van der Waals surface area contributed by atoms with Gasteiger partial charge < -0.3 is 10.2 Å². The number of fused-ring (bicyclic) bond motifs is 1. The highest BCUT2D eigenvalue weighted by atomic mass is 32.2. The molecule has 0 saturated carbocycles. The molecule has 0 aliphatic carbocycles. The second-order valence-corrected chi connectivity index (χ2v) is 9.13. The normalized spacial score (nSPS) is 17.2. The molecule has 0 radical (unpaired) electrons. The van der Waals surface area contributed by atoms with Crippen LogP contribution in [0.25, 0.3) is 0 Å². The van der Waals surface area contributed by atoms with E-state index in [1.54, 1.807) is 0 Å². The number of benzene rings is 2. The van der Waals surface area contributed by atoms with E-state index in [-0.39, 0.29) is 11.7 Å². The summed E-state index contributed by atoms with van der Waals surface area (Å²) < 4.78 is 63.9. The Morgan fingerprint density at radius 1 is 1.10 bits per heavy atom. The Hall–Kier alpha value is -2.10. The molecule has 2 N–H and O–H groups in total. The molecule has 2 aromatic rings. The third-order valence-electron chi connectivity index (χ3n) is 5.03. The van der Waals surface area contributed by atoms with Gasteiger partial charge in [0.15, 0.2) is 0 Å². The molecule has 0 bridgehead atoms. The highest BCUT2D eigenvalue weighted by Gasteiger charge is 2.31. The van der Waals surface area contributed by atoms with Crippen molar-refractivity contribution in [3.63, 3.8) is 0 Å². The second kappa shape index (κ2) is 8.73. The van der Waals surface area contributed by atoms with E-state index in [4.69, 9.17) is 0 Å². The van der Waals surface area contributed by atoms with Gasteiger partial charge in [-0.05, 0) is 55.3 Å². The van der Waals surface area contributed by atoms with Crippen molar-refractivity contribution in [3.05, 3.63) is 59.7 Å². The molecule has 29 heavy (non-hydrogen) atoms. The summed E-state index contributed by atoms with van der Waals surface area (Å²) in [6, 6.07) is 13.0. The standard InChI is InChI=1S/C20H24F3N3O2S/c1-24-29(27,28)11-10-25-13-15-12-16-4-2-3-5-19(16)26(14-15)18-8-6-17(7-9-18)20(21,22)23/h2-9,15,24-25H,10-14H2,1H3. The van der Waals surface area contributed by atoms with Gasteiger partial charge in [0, 0.05) is 31.0 Å². The minimum atomic E-state index is -4.36. The van der Waals surface area contributed by atoms with Gasteiger partial charge in [-0.3, -0.25) is 0 Å². The zero-order chi connectivity index (χ0) is 21.1. The van der Waals surface area contributed by atoms with Crippen molar-refractivity contribution in [1.29, 1.82) is 0 Å². The summed E-state index contributed by atoms with van der Waals surface area (Å²) in [5.41, 5.74) is 2.14. The smallest absolute Gasteiger partial charge is 0.341 e. The van der Waals surface area contributed by atoms with Gasteiger partial charge in [-0.25, -0.2) is 13.1 Å². The number of nitrogens with zero attached hydrogens (tertiary/aromatic N) is 1. The zero-order valence-corrected chi connectivity index (χ0v) is 16.9. The van der Waals surface area contributed by atoms with Crippen LogP contribution in [0.1, 0.15) is 11.1 Å². The fraction of sp³-hybridized carbons (Fsp3) is 0.400.